The fraction of sp³-hybridized carbons (Fsp3) is 0.350. The van der Waals surface area contributed by atoms with Gasteiger partial charge in [-0.1, -0.05) is 18.2 Å². The fourth-order valence-corrected chi connectivity index (χ4v) is 2.68. The van der Waals surface area contributed by atoms with E-state index in [9.17, 15) is 0 Å². The standard InChI is InChI=1S/C20H25N3O3/c1-16-3-2-9-23-14-18(22-20(16)23)15-26-19-6-4-17(5-7-19)13-21-8-11-25-12-10-24/h2-7,9,14,21,24H,8,10-13,15H2,1H3. The average molecular weight is 355 g/mol. The monoisotopic (exact) mass is 355 g/mol. The fourth-order valence-electron chi connectivity index (χ4n) is 2.68. The zero-order valence-corrected chi connectivity index (χ0v) is 15.0. The van der Waals surface area contributed by atoms with Gasteiger partial charge >= 0.3 is 0 Å². The molecule has 6 nitrogen and oxygen atoms in total. The number of pyridine rings is 1. The number of aliphatic hydroxyl groups is 1. The van der Waals surface area contributed by atoms with Gasteiger partial charge in [-0.25, -0.2) is 4.98 Å². The Kier molecular flexibility index (Phi) is 6.60. The zero-order chi connectivity index (χ0) is 18.2. The van der Waals surface area contributed by atoms with Crippen LogP contribution in [0.4, 0.5) is 0 Å². The van der Waals surface area contributed by atoms with Gasteiger partial charge in [0.1, 0.15) is 18.0 Å². The first kappa shape index (κ1) is 18.4. The van der Waals surface area contributed by atoms with Gasteiger partial charge in [0.15, 0.2) is 0 Å². The molecule has 0 amide bonds. The molecule has 138 valence electrons. The maximum atomic E-state index is 8.63. The molecule has 6 heteroatoms. The number of nitrogens with one attached hydrogen (secondary N) is 1. The van der Waals surface area contributed by atoms with Crippen LogP contribution >= 0.6 is 0 Å². The van der Waals surface area contributed by atoms with Crippen LogP contribution in [-0.2, 0) is 17.9 Å². The molecule has 1 aromatic carbocycles. The van der Waals surface area contributed by atoms with Gasteiger partial charge in [0.05, 0.1) is 25.5 Å². The molecular formula is C20H25N3O3. The Balaban J connectivity index is 1.45. The van der Waals surface area contributed by atoms with Crippen molar-refractivity contribution in [1.29, 1.82) is 0 Å². The minimum Gasteiger partial charge on any atom is -0.487 e. The summed E-state index contributed by atoms with van der Waals surface area (Å²) >= 11 is 0. The van der Waals surface area contributed by atoms with E-state index in [0.29, 0.717) is 19.8 Å². The van der Waals surface area contributed by atoms with E-state index in [2.05, 4.69) is 23.3 Å². The number of ether oxygens (including phenoxy) is 2. The van der Waals surface area contributed by atoms with Crippen LogP contribution < -0.4 is 10.1 Å². The van der Waals surface area contributed by atoms with E-state index in [1.807, 2.05) is 47.1 Å². The van der Waals surface area contributed by atoms with Crippen molar-refractivity contribution in [3.8, 4) is 5.75 Å². The third-order valence-electron chi connectivity index (χ3n) is 4.03. The summed E-state index contributed by atoms with van der Waals surface area (Å²) in [4.78, 5) is 4.62. The topological polar surface area (TPSA) is 68.0 Å². The molecule has 0 aliphatic carbocycles. The average Bonchev–Trinajstić information content (AvgIpc) is 3.08. The summed E-state index contributed by atoms with van der Waals surface area (Å²) in [5.41, 5.74) is 4.21. The van der Waals surface area contributed by atoms with Crippen molar-refractivity contribution in [3.05, 3.63) is 65.6 Å². The lowest BCUT2D eigenvalue weighted by Gasteiger charge is -2.07. The van der Waals surface area contributed by atoms with Crippen molar-refractivity contribution in [2.45, 2.75) is 20.1 Å². The van der Waals surface area contributed by atoms with Crippen LogP contribution in [0, 0.1) is 6.92 Å². The molecule has 0 saturated heterocycles. The maximum absolute atomic E-state index is 8.63. The second kappa shape index (κ2) is 9.33. The van der Waals surface area contributed by atoms with Crippen molar-refractivity contribution >= 4 is 5.65 Å². The predicted molar refractivity (Wildman–Crippen MR) is 100 cm³/mol. The van der Waals surface area contributed by atoms with Crippen molar-refractivity contribution in [2.24, 2.45) is 0 Å². The lowest BCUT2D eigenvalue weighted by Crippen LogP contribution is -2.19. The van der Waals surface area contributed by atoms with E-state index in [4.69, 9.17) is 14.6 Å². The Morgan fingerprint density at radius 3 is 2.77 bits per heavy atom. The molecule has 0 saturated carbocycles. The van der Waals surface area contributed by atoms with Crippen LogP contribution in [0.2, 0.25) is 0 Å². The van der Waals surface area contributed by atoms with E-state index in [1.165, 1.54) is 5.56 Å². The molecule has 2 N–H and O–H groups in total. The second-order valence-electron chi connectivity index (χ2n) is 6.10. The minimum atomic E-state index is 0.0655. The first-order valence-corrected chi connectivity index (χ1v) is 8.80. The van der Waals surface area contributed by atoms with Crippen LogP contribution in [0.3, 0.4) is 0 Å². The van der Waals surface area contributed by atoms with E-state index in [-0.39, 0.29) is 6.61 Å². The molecule has 0 fully saturated rings. The van der Waals surface area contributed by atoms with Gasteiger partial charge in [-0.3, -0.25) is 0 Å². The van der Waals surface area contributed by atoms with Crippen molar-refractivity contribution < 1.29 is 14.6 Å². The Hall–Kier alpha value is -2.41. The zero-order valence-electron chi connectivity index (χ0n) is 15.0. The minimum absolute atomic E-state index is 0.0655. The molecule has 3 aromatic rings. The Labute approximate surface area is 153 Å². The first-order valence-electron chi connectivity index (χ1n) is 8.80. The molecule has 3 rings (SSSR count). The largest absolute Gasteiger partial charge is 0.487 e. The summed E-state index contributed by atoms with van der Waals surface area (Å²) in [6.07, 6.45) is 4.00. The van der Waals surface area contributed by atoms with Crippen LogP contribution in [-0.4, -0.2) is 40.9 Å². The molecule has 0 radical (unpaired) electrons. The lowest BCUT2D eigenvalue weighted by molar-refractivity contribution is 0.0938. The van der Waals surface area contributed by atoms with Gasteiger partial charge in [0.25, 0.3) is 0 Å². The SMILES string of the molecule is Cc1cccn2cc(COc3ccc(CNCCOCCO)cc3)nc12. The number of hydrogen-bond acceptors (Lipinski definition) is 5. The third kappa shape index (κ3) is 5.05. The van der Waals surface area contributed by atoms with Crippen molar-refractivity contribution in [3.63, 3.8) is 0 Å². The molecule has 0 aliphatic heterocycles. The summed E-state index contributed by atoms with van der Waals surface area (Å²) in [6.45, 7) is 5.08. The highest BCUT2D eigenvalue weighted by molar-refractivity contribution is 5.47. The number of imidazole rings is 1. The molecule has 26 heavy (non-hydrogen) atoms. The van der Waals surface area contributed by atoms with Gasteiger partial charge < -0.3 is 24.3 Å². The Morgan fingerprint density at radius 1 is 1.15 bits per heavy atom. The third-order valence-corrected chi connectivity index (χ3v) is 4.03. The highest BCUT2D eigenvalue weighted by Gasteiger charge is 2.04. The van der Waals surface area contributed by atoms with E-state index in [1.54, 1.807) is 0 Å². The molecule has 0 atom stereocenters. The number of aromatic nitrogens is 2. The Morgan fingerprint density at radius 2 is 2.00 bits per heavy atom. The van der Waals surface area contributed by atoms with Crippen molar-refractivity contribution in [2.75, 3.05) is 26.4 Å². The molecule has 2 aromatic heterocycles. The van der Waals surface area contributed by atoms with Gasteiger partial charge in [0.2, 0.25) is 0 Å². The molecule has 0 unspecified atom stereocenters. The van der Waals surface area contributed by atoms with Crippen LogP contribution in [0.15, 0.2) is 48.8 Å². The number of hydrogen-bond donors (Lipinski definition) is 2. The first-order chi connectivity index (χ1) is 12.8. The number of benzene rings is 1. The molecule has 0 aliphatic rings. The summed E-state index contributed by atoms with van der Waals surface area (Å²) in [6, 6.07) is 12.1. The van der Waals surface area contributed by atoms with Crippen LogP contribution in [0.25, 0.3) is 5.65 Å². The van der Waals surface area contributed by atoms with Gasteiger partial charge in [-0.2, -0.15) is 0 Å². The number of aliphatic hydroxyl groups excluding tert-OH is 1. The Bertz CT molecular complexity index is 815. The van der Waals surface area contributed by atoms with E-state index < -0.39 is 0 Å². The lowest BCUT2D eigenvalue weighted by atomic mass is 10.2. The van der Waals surface area contributed by atoms with Crippen LogP contribution in [0.1, 0.15) is 16.8 Å². The normalized spacial score (nSPS) is 11.2. The highest BCUT2D eigenvalue weighted by atomic mass is 16.5. The molecule has 0 bridgehead atoms. The predicted octanol–water partition coefficient (Wildman–Crippen LogP) is 2.32. The highest BCUT2D eigenvalue weighted by Crippen LogP contribution is 2.15. The summed E-state index contributed by atoms with van der Waals surface area (Å²) in [7, 11) is 0. The second-order valence-corrected chi connectivity index (χ2v) is 6.10. The summed E-state index contributed by atoms with van der Waals surface area (Å²) in [5, 5.41) is 11.9. The smallest absolute Gasteiger partial charge is 0.140 e. The summed E-state index contributed by atoms with van der Waals surface area (Å²) in [5.74, 6) is 0.828. The van der Waals surface area contributed by atoms with E-state index >= 15 is 0 Å². The summed E-state index contributed by atoms with van der Waals surface area (Å²) < 4.78 is 13.1. The quantitative estimate of drug-likeness (QED) is 0.546. The number of rotatable bonds is 10. The van der Waals surface area contributed by atoms with Crippen molar-refractivity contribution in [1.82, 2.24) is 14.7 Å². The maximum Gasteiger partial charge on any atom is 0.140 e. The van der Waals surface area contributed by atoms with Gasteiger partial charge in [0, 0.05) is 25.5 Å². The van der Waals surface area contributed by atoms with Gasteiger partial charge in [-0.05, 0) is 36.2 Å². The number of aryl methyl sites for hydroxylation is 1. The molecular weight excluding hydrogens is 330 g/mol. The van der Waals surface area contributed by atoms with E-state index in [0.717, 1.165) is 35.7 Å². The number of fused-ring (bicyclic) bond motifs is 1. The molecule has 2 heterocycles. The number of nitrogens with zero attached hydrogens (tertiary/aromatic N) is 2. The molecule has 0 spiro atoms. The van der Waals surface area contributed by atoms with Gasteiger partial charge in [-0.15, -0.1) is 0 Å². The van der Waals surface area contributed by atoms with Crippen LogP contribution in [0.5, 0.6) is 5.75 Å².